The summed E-state index contributed by atoms with van der Waals surface area (Å²) in [6.45, 7) is 2.27. The molecule has 0 bridgehead atoms. The van der Waals surface area contributed by atoms with Crippen LogP contribution in [0, 0.1) is 0 Å². The van der Waals surface area contributed by atoms with Gasteiger partial charge in [0.25, 0.3) is 0 Å². The molecule has 0 radical (unpaired) electrons. The van der Waals surface area contributed by atoms with Crippen molar-refractivity contribution in [3.05, 3.63) is 12.2 Å². The predicted octanol–water partition coefficient (Wildman–Crippen LogP) is 7.62. The second-order valence-corrected chi connectivity index (χ2v) is 6.82. The molecule has 4 heteroatoms. The van der Waals surface area contributed by atoms with Crippen molar-refractivity contribution >= 4 is 29.2 Å². The topological polar surface area (TPSA) is 26.3 Å². The van der Waals surface area contributed by atoms with Crippen LogP contribution >= 0.6 is 23.2 Å². The van der Waals surface area contributed by atoms with Gasteiger partial charge in [0.2, 0.25) is 0 Å². The van der Waals surface area contributed by atoms with E-state index in [1.54, 1.807) is 0 Å². The molecule has 0 aromatic heterocycles. The molecule has 0 unspecified atom stereocenters. The van der Waals surface area contributed by atoms with Crippen molar-refractivity contribution < 1.29 is 9.53 Å². The van der Waals surface area contributed by atoms with Crippen LogP contribution in [0.5, 0.6) is 0 Å². The van der Waals surface area contributed by atoms with Gasteiger partial charge in [-0.3, -0.25) is 4.79 Å². The quantitative estimate of drug-likeness (QED) is 0.126. The van der Waals surface area contributed by atoms with E-state index >= 15 is 0 Å². The van der Waals surface area contributed by atoms with Gasteiger partial charge in [-0.1, -0.05) is 70.4 Å². The lowest BCUT2D eigenvalue weighted by Gasteiger charge is -2.00. The molecule has 0 rings (SSSR count). The Morgan fingerprint density at radius 3 is 1.67 bits per heavy atom. The number of hydrogen-bond acceptors (Lipinski definition) is 2. The van der Waals surface area contributed by atoms with E-state index in [1.165, 1.54) is 77.7 Å². The van der Waals surface area contributed by atoms with E-state index in [4.69, 9.17) is 23.2 Å². The number of carbonyl (C=O) groups excluding carboxylic acids is 1. The van der Waals surface area contributed by atoms with Gasteiger partial charge < -0.3 is 4.74 Å². The average Bonchev–Trinajstić information content (AvgIpc) is 2.58. The Labute approximate surface area is 160 Å². The third-order valence-corrected chi connectivity index (χ3v) is 3.87. The van der Waals surface area contributed by atoms with Gasteiger partial charge in [-0.15, -0.1) is 23.2 Å². The van der Waals surface area contributed by atoms with Crippen LogP contribution in [0.3, 0.4) is 0 Å². The molecule has 144 valence electrons. The Morgan fingerprint density at radius 1 is 0.792 bits per heavy atom. The van der Waals surface area contributed by atoms with E-state index in [9.17, 15) is 4.79 Å². The first-order valence-electron chi connectivity index (χ1n) is 9.56. The van der Waals surface area contributed by atoms with Gasteiger partial charge in [0.1, 0.15) is 0 Å². The van der Waals surface area contributed by atoms with Crippen LogP contribution in [-0.2, 0) is 9.53 Å². The Bertz CT molecular complexity index is 268. The molecule has 0 aromatic carbocycles. The maximum Gasteiger partial charge on any atom is 0.305 e. The van der Waals surface area contributed by atoms with Gasteiger partial charge >= 0.3 is 5.97 Å². The molecule has 0 aliphatic rings. The molecule has 0 saturated carbocycles. The summed E-state index contributed by atoms with van der Waals surface area (Å²) >= 11 is 9.53. The fourth-order valence-corrected chi connectivity index (χ4v) is 2.44. The van der Waals surface area contributed by atoms with Gasteiger partial charge in [0.05, 0.1) is 12.4 Å². The van der Waals surface area contributed by atoms with E-state index in [2.05, 4.69) is 23.8 Å². The van der Waals surface area contributed by atoms with Crippen LogP contribution in [0.15, 0.2) is 12.2 Å². The Balaban J connectivity index is 0. The highest BCUT2D eigenvalue weighted by molar-refractivity contribution is 6.40. The minimum Gasteiger partial charge on any atom is -0.469 e. The first kappa shape index (κ1) is 26.0. The summed E-state index contributed by atoms with van der Waals surface area (Å²) in [6, 6.07) is 0. The van der Waals surface area contributed by atoms with Gasteiger partial charge in [-0.25, -0.2) is 0 Å². The minimum atomic E-state index is -0.0763. The van der Waals surface area contributed by atoms with Crippen molar-refractivity contribution in [1.82, 2.24) is 0 Å². The number of hydrogen-bond donors (Lipinski definition) is 0. The molecule has 2 nitrogen and oxygen atoms in total. The van der Waals surface area contributed by atoms with Crippen molar-refractivity contribution in [1.29, 1.82) is 0 Å². The summed E-state index contributed by atoms with van der Waals surface area (Å²) in [5, 5.41) is 0.194. The standard InChI is InChI=1S/C19H36O2.CH2Cl2/c1-3-4-5-6-7-8-9-10-11-12-13-14-15-16-17-18-19(20)21-2;2-1-3/h10-11H,3-9,12-18H2,1-2H3;1H2/b11-10-;. The van der Waals surface area contributed by atoms with Gasteiger partial charge in [0, 0.05) is 6.42 Å². The van der Waals surface area contributed by atoms with Crippen molar-refractivity contribution in [3.8, 4) is 0 Å². The first-order valence-corrected chi connectivity index (χ1v) is 10.6. The maximum atomic E-state index is 10.9. The molecular formula is C20H38Cl2O2. The van der Waals surface area contributed by atoms with Gasteiger partial charge in [0.15, 0.2) is 0 Å². The number of alkyl halides is 2. The molecule has 0 aliphatic heterocycles. The molecule has 0 aliphatic carbocycles. The zero-order valence-electron chi connectivity index (χ0n) is 15.8. The van der Waals surface area contributed by atoms with E-state index in [0.29, 0.717) is 6.42 Å². The molecule has 0 spiro atoms. The number of rotatable bonds is 15. The molecule has 0 N–H and O–H groups in total. The smallest absolute Gasteiger partial charge is 0.305 e. The first-order chi connectivity index (χ1) is 11.7. The largest absolute Gasteiger partial charge is 0.469 e. The Morgan fingerprint density at radius 2 is 1.21 bits per heavy atom. The second kappa shape index (κ2) is 25.0. The minimum absolute atomic E-state index is 0.0763. The average molecular weight is 381 g/mol. The number of unbranched alkanes of at least 4 members (excludes halogenated alkanes) is 11. The van der Waals surface area contributed by atoms with Gasteiger partial charge in [-0.2, -0.15) is 0 Å². The molecular weight excluding hydrogens is 343 g/mol. The monoisotopic (exact) mass is 380 g/mol. The molecule has 24 heavy (non-hydrogen) atoms. The number of allylic oxidation sites excluding steroid dienone is 2. The van der Waals surface area contributed by atoms with Crippen LogP contribution < -0.4 is 0 Å². The summed E-state index contributed by atoms with van der Waals surface area (Å²) in [6.07, 6.45) is 22.0. The fraction of sp³-hybridized carbons (Fsp3) is 0.850. The highest BCUT2D eigenvalue weighted by atomic mass is 35.5. The number of halogens is 2. The van der Waals surface area contributed by atoms with E-state index in [-0.39, 0.29) is 11.3 Å². The Hall–Kier alpha value is -0.210. The van der Waals surface area contributed by atoms with E-state index in [0.717, 1.165) is 12.8 Å². The molecule has 0 heterocycles. The van der Waals surface area contributed by atoms with Crippen LogP contribution in [0.4, 0.5) is 0 Å². The third-order valence-electron chi connectivity index (χ3n) is 3.87. The van der Waals surface area contributed by atoms with E-state index in [1.807, 2.05) is 0 Å². The molecule has 0 saturated heterocycles. The molecule has 0 aromatic rings. The third kappa shape index (κ3) is 26.7. The zero-order valence-corrected chi connectivity index (χ0v) is 17.3. The van der Waals surface area contributed by atoms with Gasteiger partial charge in [-0.05, 0) is 32.1 Å². The summed E-state index contributed by atoms with van der Waals surface area (Å²) in [5.41, 5.74) is 0. The molecule has 0 atom stereocenters. The highest BCUT2D eigenvalue weighted by Gasteiger charge is 1.98. The Kier molecular flexibility index (Phi) is 27.1. The second-order valence-electron chi connectivity index (χ2n) is 6.01. The predicted molar refractivity (Wildman–Crippen MR) is 108 cm³/mol. The van der Waals surface area contributed by atoms with Crippen LogP contribution in [-0.4, -0.2) is 18.4 Å². The highest BCUT2D eigenvalue weighted by Crippen LogP contribution is 2.10. The summed E-state index contributed by atoms with van der Waals surface area (Å²) < 4.78 is 4.62. The maximum absolute atomic E-state index is 10.9. The van der Waals surface area contributed by atoms with Crippen LogP contribution in [0.1, 0.15) is 96.8 Å². The molecule has 0 amide bonds. The normalized spacial score (nSPS) is 10.5. The molecule has 0 fully saturated rings. The SMILES string of the molecule is CCCCCCCC/C=C\CCCCCCCC(=O)OC.ClCCl. The summed E-state index contributed by atoms with van der Waals surface area (Å²) in [5.74, 6) is -0.0763. The van der Waals surface area contributed by atoms with Crippen molar-refractivity contribution in [2.24, 2.45) is 0 Å². The summed E-state index contributed by atoms with van der Waals surface area (Å²) in [4.78, 5) is 10.9. The lowest BCUT2D eigenvalue weighted by molar-refractivity contribution is -0.140. The van der Waals surface area contributed by atoms with Crippen molar-refractivity contribution in [3.63, 3.8) is 0 Å². The number of carbonyl (C=O) groups is 1. The fourth-order valence-electron chi connectivity index (χ4n) is 2.44. The number of ether oxygens (including phenoxy) is 1. The van der Waals surface area contributed by atoms with Crippen molar-refractivity contribution in [2.45, 2.75) is 96.8 Å². The lowest BCUT2D eigenvalue weighted by atomic mass is 10.1. The number of methoxy groups -OCH3 is 1. The number of esters is 1. The summed E-state index contributed by atoms with van der Waals surface area (Å²) in [7, 11) is 1.46. The van der Waals surface area contributed by atoms with Crippen LogP contribution in [0.2, 0.25) is 0 Å². The lowest BCUT2D eigenvalue weighted by Crippen LogP contribution is -1.98. The van der Waals surface area contributed by atoms with Crippen molar-refractivity contribution in [2.75, 3.05) is 12.4 Å². The van der Waals surface area contributed by atoms with E-state index < -0.39 is 0 Å². The zero-order chi connectivity index (χ0) is 18.3. The van der Waals surface area contributed by atoms with Crippen LogP contribution in [0.25, 0.3) is 0 Å².